The summed E-state index contributed by atoms with van der Waals surface area (Å²) >= 11 is 0. The van der Waals surface area contributed by atoms with Crippen molar-refractivity contribution in [2.45, 2.75) is 347 Å². The molecule has 0 fully saturated rings. The van der Waals surface area contributed by atoms with Crippen LogP contribution in [-0.4, -0.2) is 87.4 Å². The Morgan fingerprint density at radius 3 is 0.977 bits per heavy atom. The first-order valence-corrected chi connectivity index (χ1v) is 36.8. The number of nitrogens with zero attached hydrogens (tertiary/aromatic N) is 1. The van der Waals surface area contributed by atoms with Crippen LogP contribution in [0, 0.1) is 0 Å². The molecule has 2 unspecified atom stereocenters. The van der Waals surface area contributed by atoms with Crippen molar-refractivity contribution in [3.05, 3.63) is 85.1 Å². The summed E-state index contributed by atoms with van der Waals surface area (Å²) < 4.78 is 23.0. The number of carbonyl (C=O) groups excluding carboxylic acids is 2. The smallest absolute Gasteiger partial charge is 0.361 e. The molecule has 0 aliphatic carbocycles. The second-order valence-corrected chi connectivity index (χ2v) is 25.9. The Morgan fingerprint density at radius 2 is 0.655 bits per heavy atom. The van der Waals surface area contributed by atoms with Gasteiger partial charge in [-0.25, -0.2) is 4.79 Å². The van der Waals surface area contributed by atoms with Gasteiger partial charge in [-0.1, -0.05) is 317 Å². The predicted octanol–water partition coefficient (Wildman–Crippen LogP) is 23.0. The highest BCUT2D eigenvalue weighted by molar-refractivity contribution is 5.71. The predicted molar refractivity (Wildman–Crippen MR) is 373 cm³/mol. The lowest BCUT2D eigenvalue weighted by atomic mass is 10.0. The van der Waals surface area contributed by atoms with Gasteiger partial charge in [-0.2, -0.15) is 0 Å². The van der Waals surface area contributed by atoms with Crippen LogP contribution in [-0.2, 0) is 33.3 Å². The minimum atomic E-state index is -1.52. The molecule has 1 N–H and O–H groups in total. The largest absolute Gasteiger partial charge is 0.477 e. The molecule has 0 aliphatic heterocycles. The number of carboxylic acid groups (broad SMARTS) is 1. The molecule has 0 aromatic carbocycles. The van der Waals surface area contributed by atoms with E-state index in [-0.39, 0.29) is 32.2 Å². The number of quaternary nitrogens is 1. The molecule has 87 heavy (non-hydrogen) atoms. The molecule has 9 heteroatoms. The van der Waals surface area contributed by atoms with Crippen LogP contribution in [0.4, 0.5) is 0 Å². The van der Waals surface area contributed by atoms with Crippen LogP contribution in [0.25, 0.3) is 0 Å². The number of allylic oxidation sites excluding steroid dienone is 14. The van der Waals surface area contributed by atoms with Crippen LogP contribution in [0.2, 0.25) is 0 Å². The van der Waals surface area contributed by atoms with Crippen LogP contribution < -0.4 is 0 Å². The highest BCUT2D eigenvalue weighted by Gasteiger charge is 2.25. The monoisotopic (exact) mass is 1220 g/mol. The number of unbranched alkanes of at least 4 members (excludes halogenated alkanes) is 39. The number of rotatable bonds is 68. The van der Waals surface area contributed by atoms with Gasteiger partial charge in [0.2, 0.25) is 0 Å². The first-order chi connectivity index (χ1) is 42.6. The highest BCUT2D eigenvalue weighted by atomic mass is 16.7. The summed E-state index contributed by atoms with van der Waals surface area (Å²) in [6.07, 6.45) is 90.1. The van der Waals surface area contributed by atoms with Gasteiger partial charge in [0.1, 0.15) is 13.2 Å². The van der Waals surface area contributed by atoms with Crippen molar-refractivity contribution in [3.63, 3.8) is 0 Å². The zero-order valence-corrected chi connectivity index (χ0v) is 57.7. The number of carbonyl (C=O) groups is 3. The Kier molecular flexibility index (Phi) is 65.6. The topological polar surface area (TPSA) is 108 Å². The molecule has 0 aromatic rings. The van der Waals surface area contributed by atoms with Gasteiger partial charge >= 0.3 is 17.9 Å². The Morgan fingerprint density at radius 1 is 0.356 bits per heavy atom. The summed E-state index contributed by atoms with van der Waals surface area (Å²) in [5, 5.41) is 9.74. The standard InChI is InChI=1S/C78H139NO8/c1-6-8-10-12-14-16-18-20-22-24-26-28-29-30-31-32-33-34-35-36-37-38-39-40-41-42-43-44-45-46-47-49-50-52-54-56-58-60-62-64-66-68-75(80)85-72-74(73-86-78(77(82)83)84-71-70-79(3,4)5)87-76(81)69-67-65-63-61-59-57-55-53-51-48-27-25-23-21-19-17-15-13-11-9-7-2/h9,11,15,17-18,20-21,23-24,26-27,29-30,48,74,78H,6-8,10,12-14,16,19,22,25,28,31-47,49-73H2,1-5H3/p+1/b11-9-,17-15-,20-18-,23-21-,26-24-,30-29-,48-27-. The molecule has 9 nitrogen and oxygen atoms in total. The molecule has 0 rings (SSSR count). The minimum Gasteiger partial charge on any atom is -0.477 e. The second kappa shape index (κ2) is 68.4. The van der Waals surface area contributed by atoms with Gasteiger partial charge in [-0.15, -0.1) is 0 Å². The number of likely N-dealkylation sites (N-methyl/N-ethyl adjacent to an activating group) is 1. The molecule has 0 amide bonds. The van der Waals surface area contributed by atoms with Crippen molar-refractivity contribution >= 4 is 17.9 Å². The number of aliphatic carboxylic acids is 1. The van der Waals surface area contributed by atoms with Crippen LogP contribution in [0.1, 0.15) is 335 Å². The van der Waals surface area contributed by atoms with Crippen molar-refractivity contribution in [1.82, 2.24) is 0 Å². The normalized spacial score (nSPS) is 13.2. The van der Waals surface area contributed by atoms with Crippen molar-refractivity contribution in [2.24, 2.45) is 0 Å². The van der Waals surface area contributed by atoms with E-state index in [4.69, 9.17) is 18.9 Å². The van der Waals surface area contributed by atoms with Gasteiger partial charge < -0.3 is 28.5 Å². The number of hydrogen-bond donors (Lipinski definition) is 1. The maximum Gasteiger partial charge on any atom is 0.361 e. The number of hydrogen-bond acceptors (Lipinski definition) is 7. The molecule has 0 heterocycles. The van der Waals surface area contributed by atoms with Crippen molar-refractivity contribution in [2.75, 3.05) is 47.5 Å². The SMILES string of the molecule is CC/C=C\C/C=C\C/C=C\C/C=C\CCCCCCCCCCC(=O)OC(COC(=O)CCCCCCCCCCCCCCCCCCCCCCCCCCCC/C=C\C/C=C\C/C=C\CCCCCCC)COC(OCC[N+](C)(C)C)C(=O)O. The van der Waals surface area contributed by atoms with Crippen molar-refractivity contribution in [1.29, 1.82) is 0 Å². The molecule has 0 aromatic heterocycles. The minimum absolute atomic E-state index is 0.185. The van der Waals surface area contributed by atoms with Crippen LogP contribution in [0.15, 0.2) is 85.1 Å². The fraction of sp³-hybridized carbons (Fsp3) is 0.782. The first kappa shape index (κ1) is 83.5. The lowest BCUT2D eigenvalue weighted by molar-refractivity contribution is -0.870. The van der Waals surface area contributed by atoms with Crippen LogP contribution in [0.5, 0.6) is 0 Å². The fourth-order valence-electron chi connectivity index (χ4n) is 10.5. The van der Waals surface area contributed by atoms with Gasteiger partial charge in [0.05, 0.1) is 34.4 Å². The van der Waals surface area contributed by atoms with Crippen molar-refractivity contribution < 1.29 is 42.9 Å². The van der Waals surface area contributed by atoms with Crippen LogP contribution >= 0.6 is 0 Å². The summed E-state index contributed by atoms with van der Waals surface area (Å²) in [7, 11) is 5.98. The molecular formula is C78H140NO8+. The van der Waals surface area contributed by atoms with Crippen molar-refractivity contribution in [3.8, 4) is 0 Å². The molecule has 0 bridgehead atoms. The molecule has 2 atom stereocenters. The maximum absolute atomic E-state index is 12.9. The summed E-state index contributed by atoms with van der Waals surface area (Å²) in [5.74, 6) is -2.00. The highest BCUT2D eigenvalue weighted by Crippen LogP contribution is 2.18. The van der Waals surface area contributed by atoms with Gasteiger partial charge in [0.25, 0.3) is 6.29 Å². The maximum atomic E-state index is 12.9. The second-order valence-electron chi connectivity index (χ2n) is 25.9. The molecule has 0 saturated heterocycles. The average molecular weight is 1220 g/mol. The molecule has 0 spiro atoms. The van der Waals surface area contributed by atoms with E-state index in [0.717, 1.165) is 83.5 Å². The fourth-order valence-corrected chi connectivity index (χ4v) is 10.5. The summed E-state index contributed by atoms with van der Waals surface area (Å²) in [4.78, 5) is 37.6. The number of esters is 2. The Balaban J connectivity index is 3.96. The number of carboxylic acids is 1. The van der Waals surface area contributed by atoms with Gasteiger partial charge in [0, 0.05) is 12.8 Å². The third-order valence-corrected chi connectivity index (χ3v) is 16.1. The Labute approximate surface area is 538 Å². The molecule has 0 radical (unpaired) electrons. The van der Waals surface area contributed by atoms with E-state index in [1.807, 2.05) is 21.1 Å². The van der Waals surface area contributed by atoms with Gasteiger partial charge in [-0.05, 0) is 89.9 Å². The molecule has 0 aliphatic rings. The van der Waals surface area contributed by atoms with Gasteiger partial charge in [-0.3, -0.25) is 9.59 Å². The molecule has 0 saturated carbocycles. The van der Waals surface area contributed by atoms with E-state index in [2.05, 4.69) is 98.9 Å². The van der Waals surface area contributed by atoms with E-state index in [1.165, 1.54) is 218 Å². The number of ether oxygens (including phenoxy) is 4. The summed E-state index contributed by atoms with van der Waals surface area (Å²) in [5.41, 5.74) is 0. The van der Waals surface area contributed by atoms with Crippen LogP contribution in [0.3, 0.4) is 0 Å². The zero-order chi connectivity index (χ0) is 63.3. The molecular weight excluding hydrogens is 1080 g/mol. The summed E-state index contributed by atoms with van der Waals surface area (Å²) in [6, 6.07) is 0. The van der Waals surface area contributed by atoms with E-state index in [9.17, 15) is 19.5 Å². The lowest BCUT2D eigenvalue weighted by Gasteiger charge is -2.25. The van der Waals surface area contributed by atoms with E-state index in [1.54, 1.807) is 0 Å². The quantitative estimate of drug-likeness (QED) is 0.0211. The summed E-state index contributed by atoms with van der Waals surface area (Å²) in [6.45, 7) is 4.78. The van der Waals surface area contributed by atoms with Gasteiger partial charge in [0.15, 0.2) is 6.10 Å². The average Bonchev–Trinajstić information content (AvgIpc) is 3.57. The lowest BCUT2D eigenvalue weighted by Crippen LogP contribution is -2.40. The van der Waals surface area contributed by atoms with E-state index >= 15 is 0 Å². The van der Waals surface area contributed by atoms with E-state index < -0.39 is 24.3 Å². The third kappa shape index (κ3) is 69.8. The third-order valence-electron chi connectivity index (χ3n) is 16.1. The Bertz CT molecular complexity index is 1700. The van der Waals surface area contributed by atoms with E-state index in [0.29, 0.717) is 23.9 Å². The zero-order valence-electron chi connectivity index (χ0n) is 57.7. The first-order valence-electron chi connectivity index (χ1n) is 36.8. The Hall–Kier alpha value is -3.53. The molecule has 504 valence electrons.